The number of hydrogen-bond acceptors (Lipinski definition) is 4. The van der Waals surface area contributed by atoms with Crippen LogP contribution in [0.5, 0.6) is 0 Å². The van der Waals surface area contributed by atoms with Crippen molar-refractivity contribution in [1.82, 2.24) is 20.2 Å². The Kier molecular flexibility index (Phi) is 8.03. The fourth-order valence-corrected chi connectivity index (χ4v) is 5.25. The number of thiazole rings is 1. The molecule has 3 aromatic carbocycles. The van der Waals surface area contributed by atoms with E-state index in [-0.39, 0.29) is 11.7 Å². The average Bonchev–Trinajstić information content (AvgIpc) is 3.56. The molecule has 0 aliphatic carbocycles. The summed E-state index contributed by atoms with van der Waals surface area (Å²) in [6.07, 6.45) is 3.64. The summed E-state index contributed by atoms with van der Waals surface area (Å²) in [5.74, 6) is -0.380. The molecule has 5 nitrogen and oxygen atoms in total. The van der Waals surface area contributed by atoms with Gasteiger partial charge in [0.1, 0.15) is 16.5 Å². The highest BCUT2D eigenvalue weighted by molar-refractivity contribution is 7.09. The highest BCUT2D eigenvalue weighted by atomic mass is 32.1. The summed E-state index contributed by atoms with van der Waals surface area (Å²) in [6, 6.07) is 25.2. The molecule has 37 heavy (non-hydrogen) atoms. The topological polar surface area (TPSA) is 61.0 Å². The first-order valence-electron chi connectivity index (χ1n) is 12.4. The Bertz CT molecular complexity index is 1460. The molecule has 2 aromatic heterocycles. The molecule has 0 fully saturated rings. The SMILES string of the molecule is O=C(NCCc1ccccc1)c1csc(CN(CCc2c[nH]c3ccccc23)Cc2ccccc2F)n1. The van der Waals surface area contributed by atoms with Crippen LogP contribution in [0.15, 0.2) is 90.4 Å². The van der Waals surface area contributed by atoms with E-state index in [4.69, 9.17) is 0 Å². The van der Waals surface area contributed by atoms with E-state index in [0.717, 1.165) is 29.9 Å². The van der Waals surface area contributed by atoms with E-state index in [1.54, 1.807) is 11.4 Å². The summed E-state index contributed by atoms with van der Waals surface area (Å²) in [7, 11) is 0. The minimum atomic E-state index is -0.211. The number of aromatic nitrogens is 2. The van der Waals surface area contributed by atoms with Crippen LogP contribution in [0, 0.1) is 5.82 Å². The molecule has 0 spiro atoms. The molecule has 0 unspecified atom stereocenters. The number of aromatic amines is 1. The van der Waals surface area contributed by atoms with E-state index >= 15 is 0 Å². The van der Waals surface area contributed by atoms with Crippen molar-refractivity contribution in [3.63, 3.8) is 0 Å². The molecule has 2 N–H and O–H groups in total. The number of benzene rings is 3. The second kappa shape index (κ2) is 12.0. The minimum Gasteiger partial charge on any atom is -0.361 e. The summed E-state index contributed by atoms with van der Waals surface area (Å²) in [5.41, 5.74) is 4.60. The van der Waals surface area contributed by atoms with Crippen LogP contribution in [0.4, 0.5) is 4.39 Å². The number of amides is 1. The molecule has 5 aromatic rings. The Morgan fingerprint density at radius 3 is 2.57 bits per heavy atom. The van der Waals surface area contributed by atoms with Gasteiger partial charge >= 0.3 is 0 Å². The number of para-hydroxylation sites is 1. The van der Waals surface area contributed by atoms with Gasteiger partial charge in [0.25, 0.3) is 5.91 Å². The van der Waals surface area contributed by atoms with Crippen molar-refractivity contribution in [2.75, 3.05) is 13.1 Å². The lowest BCUT2D eigenvalue weighted by molar-refractivity contribution is 0.0949. The van der Waals surface area contributed by atoms with Gasteiger partial charge in [-0.1, -0.05) is 66.7 Å². The Hall–Kier alpha value is -3.81. The van der Waals surface area contributed by atoms with E-state index in [0.29, 0.717) is 30.9 Å². The van der Waals surface area contributed by atoms with Crippen molar-refractivity contribution in [3.05, 3.63) is 124 Å². The van der Waals surface area contributed by atoms with Gasteiger partial charge in [0.15, 0.2) is 0 Å². The van der Waals surface area contributed by atoms with Crippen molar-refractivity contribution in [3.8, 4) is 0 Å². The molecule has 5 rings (SSSR count). The summed E-state index contributed by atoms with van der Waals surface area (Å²) in [4.78, 5) is 22.8. The number of fused-ring (bicyclic) bond motifs is 1. The molecular formula is C30H29FN4OS. The van der Waals surface area contributed by atoms with Gasteiger partial charge in [-0.05, 0) is 36.1 Å². The monoisotopic (exact) mass is 512 g/mol. The van der Waals surface area contributed by atoms with Crippen LogP contribution in [0.2, 0.25) is 0 Å². The van der Waals surface area contributed by atoms with Crippen molar-refractivity contribution in [1.29, 1.82) is 0 Å². The Balaban J connectivity index is 1.24. The molecule has 0 aliphatic heterocycles. The number of carbonyl (C=O) groups excluding carboxylic acids is 1. The van der Waals surface area contributed by atoms with Crippen LogP contribution in [0.3, 0.4) is 0 Å². The smallest absolute Gasteiger partial charge is 0.270 e. The van der Waals surface area contributed by atoms with Crippen LogP contribution in [-0.2, 0) is 25.9 Å². The van der Waals surface area contributed by atoms with E-state index in [2.05, 4.69) is 32.3 Å². The highest BCUT2D eigenvalue weighted by Crippen LogP contribution is 2.21. The highest BCUT2D eigenvalue weighted by Gasteiger charge is 2.16. The van der Waals surface area contributed by atoms with Crippen molar-refractivity contribution < 1.29 is 9.18 Å². The standard InChI is InChI=1S/C30H29FN4OS/c31-26-12-6-4-10-24(26)19-35(17-15-23-18-33-27-13-7-5-11-25(23)27)20-29-34-28(21-37-29)30(36)32-16-14-22-8-2-1-3-9-22/h1-13,18,21,33H,14-17,19-20H2,(H,32,36). The van der Waals surface area contributed by atoms with Crippen LogP contribution < -0.4 is 5.32 Å². The first kappa shape index (κ1) is 24.9. The third-order valence-electron chi connectivity index (χ3n) is 6.41. The molecule has 1 amide bonds. The lowest BCUT2D eigenvalue weighted by Gasteiger charge is -2.21. The number of nitrogens with zero attached hydrogens (tertiary/aromatic N) is 2. The number of H-pyrrole nitrogens is 1. The molecule has 0 atom stereocenters. The number of halogens is 1. The summed E-state index contributed by atoms with van der Waals surface area (Å²) >= 11 is 1.46. The van der Waals surface area contributed by atoms with Crippen LogP contribution >= 0.6 is 11.3 Å². The van der Waals surface area contributed by atoms with Crippen LogP contribution in [0.1, 0.15) is 32.2 Å². The predicted molar refractivity (Wildman–Crippen MR) is 147 cm³/mol. The number of rotatable bonds is 11. The first-order chi connectivity index (χ1) is 18.2. The minimum absolute atomic E-state index is 0.169. The Morgan fingerprint density at radius 1 is 0.919 bits per heavy atom. The van der Waals surface area contributed by atoms with Crippen LogP contribution in [0.25, 0.3) is 10.9 Å². The third-order valence-corrected chi connectivity index (χ3v) is 7.24. The van der Waals surface area contributed by atoms with E-state index in [1.807, 2.05) is 60.8 Å². The maximum Gasteiger partial charge on any atom is 0.270 e. The summed E-state index contributed by atoms with van der Waals surface area (Å²) < 4.78 is 14.5. The molecule has 2 heterocycles. The normalized spacial score (nSPS) is 11.3. The first-order valence-corrected chi connectivity index (χ1v) is 13.3. The molecular weight excluding hydrogens is 483 g/mol. The Labute approximate surface area is 220 Å². The van der Waals surface area contributed by atoms with Gasteiger partial charge in [0.05, 0.1) is 6.54 Å². The quantitative estimate of drug-likeness (QED) is 0.229. The molecule has 0 saturated carbocycles. The van der Waals surface area contributed by atoms with Crippen molar-refractivity contribution >= 4 is 28.1 Å². The van der Waals surface area contributed by atoms with Crippen molar-refractivity contribution in [2.45, 2.75) is 25.9 Å². The lowest BCUT2D eigenvalue weighted by atomic mass is 10.1. The second-order valence-electron chi connectivity index (χ2n) is 9.03. The van der Waals surface area contributed by atoms with Gasteiger partial charge in [0.2, 0.25) is 0 Å². The van der Waals surface area contributed by atoms with Gasteiger partial charge in [-0.25, -0.2) is 9.37 Å². The van der Waals surface area contributed by atoms with Gasteiger partial charge in [-0.15, -0.1) is 11.3 Å². The molecule has 188 valence electrons. The maximum absolute atomic E-state index is 14.5. The fourth-order valence-electron chi connectivity index (χ4n) is 4.43. The van der Waals surface area contributed by atoms with Gasteiger partial charge in [-0.3, -0.25) is 9.69 Å². The number of hydrogen-bond donors (Lipinski definition) is 2. The summed E-state index contributed by atoms with van der Waals surface area (Å²) in [6.45, 7) is 2.29. The summed E-state index contributed by atoms with van der Waals surface area (Å²) in [5, 5.41) is 6.80. The van der Waals surface area contributed by atoms with E-state index < -0.39 is 0 Å². The molecule has 0 saturated heterocycles. The number of nitrogens with one attached hydrogen (secondary N) is 2. The zero-order valence-electron chi connectivity index (χ0n) is 20.5. The van der Waals surface area contributed by atoms with E-state index in [9.17, 15) is 9.18 Å². The Morgan fingerprint density at radius 2 is 1.70 bits per heavy atom. The third kappa shape index (κ3) is 6.50. The average molecular weight is 513 g/mol. The number of carbonyl (C=O) groups is 1. The molecule has 0 radical (unpaired) electrons. The predicted octanol–water partition coefficient (Wildman–Crippen LogP) is 5.98. The molecule has 0 aliphatic rings. The molecule has 0 bridgehead atoms. The van der Waals surface area contributed by atoms with Crippen molar-refractivity contribution in [2.24, 2.45) is 0 Å². The fraction of sp³-hybridized carbons (Fsp3) is 0.200. The van der Waals surface area contributed by atoms with E-state index in [1.165, 1.54) is 33.9 Å². The van der Waals surface area contributed by atoms with Gasteiger partial charge in [-0.2, -0.15) is 0 Å². The molecule has 7 heteroatoms. The largest absolute Gasteiger partial charge is 0.361 e. The zero-order valence-corrected chi connectivity index (χ0v) is 21.3. The lowest BCUT2D eigenvalue weighted by Crippen LogP contribution is -2.27. The van der Waals surface area contributed by atoms with Gasteiger partial charge in [0, 0.05) is 47.7 Å². The van der Waals surface area contributed by atoms with Crippen LogP contribution in [-0.4, -0.2) is 33.9 Å². The van der Waals surface area contributed by atoms with Gasteiger partial charge < -0.3 is 10.3 Å². The maximum atomic E-state index is 14.5. The zero-order chi connectivity index (χ0) is 25.5. The second-order valence-corrected chi connectivity index (χ2v) is 9.97.